The number of anilines is 1. The molecule has 1 aliphatic heterocycles. The van der Waals surface area contributed by atoms with Crippen molar-refractivity contribution in [2.75, 3.05) is 18.1 Å². The monoisotopic (exact) mass is 484 g/mol. The van der Waals surface area contributed by atoms with Gasteiger partial charge >= 0.3 is 0 Å². The van der Waals surface area contributed by atoms with E-state index in [9.17, 15) is 9.59 Å². The van der Waals surface area contributed by atoms with Gasteiger partial charge in [-0.15, -0.1) is 0 Å². The van der Waals surface area contributed by atoms with E-state index in [1.165, 1.54) is 5.56 Å². The van der Waals surface area contributed by atoms with Crippen LogP contribution < -0.4 is 15.0 Å². The van der Waals surface area contributed by atoms with E-state index in [0.29, 0.717) is 31.0 Å². The van der Waals surface area contributed by atoms with Gasteiger partial charge in [-0.3, -0.25) is 14.5 Å². The Morgan fingerprint density at radius 2 is 1.75 bits per heavy atom. The maximum atomic E-state index is 13.4. The molecule has 0 radical (unpaired) electrons. The van der Waals surface area contributed by atoms with Crippen molar-refractivity contribution in [2.45, 2.75) is 39.8 Å². The maximum Gasteiger partial charge on any atom is 0.294 e. The molecule has 0 fully saturated rings. The number of para-hydroxylation sites is 2. The molecule has 0 saturated heterocycles. The van der Waals surface area contributed by atoms with Crippen LogP contribution in [-0.2, 0) is 16.1 Å². The lowest BCUT2D eigenvalue weighted by molar-refractivity contribution is -0.117. The van der Waals surface area contributed by atoms with E-state index in [4.69, 9.17) is 9.47 Å². The highest BCUT2D eigenvalue weighted by molar-refractivity contribution is 6.09. The lowest BCUT2D eigenvalue weighted by Gasteiger charge is -2.30. The second kappa shape index (κ2) is 11.7. The smallest absolute Gasteiger partial charge is 0.294 e. The summed E-state index contributed by atoms with van der Waals surface area (Å²) in [5, 5.41) is 2.90. The molecular weight excluding hydrogens is 452 g/mol. The molecule has 6 nitrogen and oxygen atoms in total. The van der Waals surface area contributed by atoms with Crippen molar-refractivity contribution >= 4 is 23.6 Å². The third-order valence-electron chi connectivity index (χ3n) is 5.82. The number of hydrogen-bond acceptors (Lipinski definition) is 4. The Labute approximate surface area is 212 Å². The Balaban J connectivity index is 1.46. The summed E-state index contributed by atoms with van der Waals surface area (Å²) in [4.78, 5) is 27.6. The van der Waals surface area contributed by atoms with Gasteiger partial charge < -0.3 is 14.8 Å². The zero-order valence-electron chi connectivity index (χ0n) is 21.0. The van der Waals surface area contributed by atoms with E-state index < -0.39 is 0 Å². The van der Waals surface area contributed by atoms with Gasteiger partial charge in [-0.05, 0) is 68.7 Å². The average molecular weight is 485 g/mol. The molecule has 1 heterocycles. The summed E-state index contributed by atoms with van der Waals surface area (Å²) >= 11 is 0. The number of benzene rings is 3. The zero-order valence-corrected chi connectivity index (χ0v) is 21.0. The largest absolute Gasteiger partial charge is 0.449 e. The Bertz CT molecular complexity index is 1230. The van der Waals surface area contributed by atoms with Crippen LogP contribution in [0.5, 0.6) is 5.75 Å². The van der Waals surface area contributed by atoms with Crippen molar-refractivity contribution in [1.29, 1.82) is 0 Å². The van der Waals surface area contributed by atoms with Crippen LogP contribution in [0.2, 0.25) is 0 Å². The summed E-state index contributed by atoms with van der Waals surface area (Å²) in [5.74, 6) is 0.526. The van der Waals surface area contributed by atoms with E-state index in [1.54, 1.807) is 23.1 Å². The number of fused-ring (bicyclic) bond motifs is 1. The first kappa shape index (κ1) is 25.2. The van der Waals surface area contributed by atoms with Gasteiger partial charge in [0, 0.05) is 18.7 Å². The van der Waals surface area contributed by atoms with Gasteiger partial charge in [0.05, 0.1) is 18.3 Å². The molecule has 0 spiro atoms. The van der Waals surface area contributed by atoms with Crippen LogP contribution in [0.1, 0.15) is 47.3 Å². The van der Waals surface area contributed by atoms with E-state index in [2.05, 4.69) is 5.32 Å². The summed E-state index contributed by atoms with van der Waals surface area (Å²) in [6.07, 6.45) is 2.66. The third kappa shape index (κ3) is 6.40. The highest BCUT2D eigenvalue weighted by Crippen LogP contribution is 2.36. The number of ether oxygens (including phenoxy) is 2. The fourth-order valence-electron chi connectivity index (χ4n) is 3.87. The first-order chi connectivity index (χ1) is 17.4. The SMILES string of the molecule is Cc1ccc(CN2C(=O)C(=Cc3ccc(C(=O)NCCCOC(C)C)cc3)Oc3ccccc32)cc1. The van der Waals surface area contributed by atoms with Crippen molar-refractivity contribution in [3.63, 3.8) is 0 Å². The zero-order chi connectivity index (χ0) is 25.5. The Morgan fingerprint density at radius 1 is 1.03 bits per heavy atom. The van der Waals surface area contributed by atoms with E-state index in [0.717, 1.165) is 23.2 Å². The predicted molar refractivity (Wildman–Crippen MR) is 142 cm³/mol. The molecule has 0 bridgehead atoms. The molecule has 3 aromatic rings. The van der Waals surface area contributed by atoms with Crippen LogP contribution in [-0.4, -0.2) is 31.1 Å². The number of rotatable bonds is 9. The molecule has 4 rings (SSSR count). The summed E-state index contributed by atoms with van der Waals surface area (Å²) in [7, 11) is 0. The van der Waals surface area contributed by atoms with Gasteiger partial charge in [0.1, 0.15) is 0 Å². The standard InChI is InChI=1S/C30H32N2O4/c1-21(2)35-18-6-17-31-29(33)25-15-13-23(14-16-25)19-28-30(34)32(20-24-11-9-22(3)10-12-24)26-7-4-5-8-27(26)36-28/h4-5,7-16,19,21H,6,17-18,20H2,1-3H3,(H,31,33). The molecule has 0 unspecified atom stereocenters. The second-order valence-electron chi connectivity index (χ2n) is 9.11. The topological polar surface area (TPSA) is 67.9 Å². The molecule has 36 heavy (non-hydrogen) atoms. The van der Waals surface area contributed by atoms with Gasteiger partial charge in [-0.2, -0.15) is 0 Å². The van der Waals surface area contributed by atoms with Gasteiger partial charge in [-0.1, -0.05) is 54.1 Å². The fourth-order valence-corrected chi connectivity index (χ4v) is 3.87. The van der Waals surface area contributed by atoms with Crippen molar-refractivity contribution in [1.82, 2.24) is 5.32 Å². The minimum absolute atomic E-state index is 0.137. The molecule has 0 atom stereocenters. The van der Waals surface area contributed by atoms with E-state index >= 15 is 0 Å². The predicted octanol–water partition coefficient (Wildman–Crippen LogP) is 5.51. The van der Waals surface area contributed by atoms with Gasteiger partial charge in [0.2, 0.25) is 0 Å². The fraction of sp³-hybridized carbons (Fsp3) is 0.267. The van der Waals surface area contributed by atoms with Crippen LogP contribution in [0.3, 0.4) is 0 Å². The molecule has 0 saturated carbocycles. The highest BCUT2D eigenvalue weighted by Gasteiger charge is 2.30. The highest BCUT2D eigenvalue weighted by atomic mass is 16.5. The van der Waals surface area contributed by atoms with Crippen molar-refractivity contribution in [2.24, 2.45) is 0 Å². The molecule has 6 heteroatoms. The Hall–Kier alpha value is -3.90. The average Bonchev–Trinajstić information content (AvgIpc) is 2.87. The van der Waals surface area contributed by atoms with Crippen molar-refractivity contribution in [3.8, 4) is 5.75 Å². The summed E-state index contributed by atoms with van der Waals surface area (Å²) in [6, 6.07) is 22.8. The van der Waals surface area contributed by atoms with Crippen LogP contribution in [0, 0.1) is 6.92 Å². The summed E-state index contributed by atoms with van der Waals surface area (Å²) in [5.41, 5.74) is 4.28. The molecule has 3 aromatic carbocycles. The number of carbonyl (C=O) groups excluding carboxylic acids is 2. The Kier molecular flexibility index (Phi) is 8.18. The number of carbonyl (C=O) groups is 2. The number of nitrogens with one attached hydrogen (secondary N) is 1. The summed E-state index contributed by atoms with van der Waals surface area (Å²) < 4.78 is 11.5. The number of aryl methyl sites for hydroxylation is 1. The van der Waals surface area contributed by atoms with Crippen LogP contribution in [0.25, 0.3) is 6.08 Å². The lowest BCUT2D eigenvalue weighted by atomic mass is 10.1. The minimum Gasteiger partial charge on any atom is -0.449 e. The van der Waals surface area contributed by atoms with E-state index in [1.807, 2.05) is 81.4 Å². The van der Waals surface area contributed by atoms with Crippen LogP contribution in [0.15, 0.2) is 78.6 Å². The second-order valence-corrected chi connectivity index (χ2v) is 9.11. The molecular formula is C30H32N2O4. The van der Waals surface area contributed by atoms with Gasteiger partial charge in [-0.25, -0.2) is 0 Å². The van der Waals surface area contributed by atoms with Gasteiger partial charge in [0.25, 0.3) is 11.8 Å². The Morgan fingerprint density at radius 3 is 2.47 bits per heavy atom. The van der Waals surface area contributed by atoms with Gasteiger partial charge in [0.15, 0.2) is 11.5 Å². The molecule has 1 N–H and O–H groups in total. The van der Waals surface area contributed by atoms with Crippen molar-refractivity contribution in [3.05, 3.63) is 101 Å². The lowest BCUT2D eigenvalue weighted by Crippen LogP contribution is -2.36. The quantitative estimate of drug-likeness (QED) is 0.321. The molecule has 2 amide bonds. The number of nitrogens with zero attached hydrogens (tertiary/aromatic N) is 1. The third-order valence-corrected chi connectivity index (χ3v) is 5.82. The molecule has 0 aromatic heterocycles. The van der Waals surface area contributed by atoms with Crippen LogP contribution >= 0.6 is 0 Å². The minimum atomic E-state index is -0.209. The number of amides is 2. The van der Waals surface area contributed by atoms with Crippen molar-refractivity contribution < 1.29 is 19.1 Å². The molecule has 0 aliphatic carbocycles. The first-order valence-corrected chi connectivity index (χ1v) is 12.3. The normalized spacial score (nSPS) is 14.1. The summed E-state index contributed by atoms with van der Waals surface area (Å²) in [6.45, 7) is 7.62. The first-order valence-electron chi connectivity index (χ1n) is 12.3. The van der Waals surface area contributed by atoms with Crippen LogP contribution in [0.4, 0.5) is 5.69 Å². The molecule has 186 valence electrons. The molecule has 1 aliphatic rings. The number of hydrogen-bond donors (Lipinski definition) is 1. The van der Waals surface area contributed by atoms with E-state index in [-0.39, 0.29) is 23.7 Å². The maximum absolute atomic E-state index is 13.4.